The molecule has 99 heavy (non-hydrogen) atoms. The van der Waals surface area contributed by atoms with Gasteiger partial charge in [0.1, 0.15) is 35.0 Å². The first-order valence-corrected chi connectivity index (χ1v) is 34.9. The van der Waals surface area contributed by atoms with Crippen LogP contribution in [0.3, 0.4) is 0 Å². The molecular formula is C71H61Br2Cl4N15O6S. The van der Waals surface area contributed by atoms with Gasteiger partial charge in [0.05, 0.1) is 55.4 Å². The van der Waals surface area contributed by atoms with Crippen LogP contribution in [-0.4, -0.2) is 140 Å². The Morgan fingerprint density at radius 2 is 0.768 bits per heavy atom. The van der Waals surface area contributed by atoms with E-state index < -0.39 is 17.7 Å². The maximum absolute atomic E-state index is 12.9. The highest BCUT2D eigenvalue weighted by atomic mass is 79.9. The summed E-state index contributed by atoms with van der Waals surface area (Å²) >= 11 is 32.3. The summed E-state index contributed by atoms with van der Waals surface area (Å²) < 4.78 is 1.40. The number of hydrogen-bond donors (Lipinski definition) is 8. The lowest BCUT2D eigenvalue weighted by molar-refractivity contribution is 0.101. The number of benzene rings is 6. The molecule has 6 aromatic carbocycles. The summed E-state index contributed by atoms with van der Waals surface area (Å²) in [6.45, 7) is 5.13. The van der Waals surface area contributed by atoms with Crippen molar-refractivity contribution in [3.05, 3.63) is 261 Å². The van der Waals surface area contributed by atoms with E-state index in [1.54, 1.807) is 146 Å². The van der Waals surface area contributed by atoms with Gasteiger partial charge in [-0.2, -0.15) is 11.8 Å². The van der Waals surface area contributed by atoms with Crippen molar-refractivity contribution in [3.63, 3.8) is 0 Å². The number of thioether (sulfide) groups is 1. The molecule has 0 atom stereocenters. The normalized spacial score (nSPS) is 13.1. The highest BCUT2D eigenvalue weighted by Crippen LogP contribution is 2.28. The molecule has 6 heterocycles. The van der Waals surface area contributed by atoms with Crippen molar-refractivity contribution in [1.29, 1.82) is 10.8 Å². The fourth-order valence-corrected chi connectivity index (χ4v) is 12.3. The summed E-state index contributed by atoms with van der Waals surface area (Å²) in [7, 11) is 1.99. The smallest absolute Gasteiger partial charge is 0.258 e. The first-order valence-electron chi connectivity index (χ1n) is 30.6. The molecule has 3 aliphatic heterocycles. The van der Waals surface area contributed by atoms with Crippen LogP contribution in [0.25, 0.3) is 0 Å². The second-order valence-corrected chi connectivity index (χ2v) is 27.0. The summed E-state index contributed by atoms with van der Waals surface area (Å²) in [5, 5.41) is 35.0. The number of aromatic nitrogens is 3. The lowest BCUT2D eigenvalue weighted by Gasteiger charge is -2.28. The lowest BCUT2D eigenvalue weighted by atomic mass is 10.1. The van der Waals surface area contributed by atoms with Gasteiger partial charge in [-0.1, -0.05) is 115 Å². The number of likely N-dealkylation sites (tertiary alicyclic amines) is 1. The molecule has 3 aromatic heterocycles. The van der Waals surface area contributed by atoms with Crippen LogP contribution in [0.5, 0.6) is 0 Å². The molecule has 21 nitrogen and oxygen atoms in total. The van der Waals surface area contributed by atoms with Crippen molar-refractivity contribution < 1.29 is 28.8 Å². The molecule has 2 saturated heterocycles. The first kappa shape index (κ1) is 72.2. The van der Waals surface area contributed by atoms with Crippen LogP contribution in [0.15, 0.2) is 196 Å². The average molecular weight is 1550 g/mol. The zero-order chi connectivity index (χ0) is 70.1. The minimum Gasteiger partial charge on any atom is -0.358 e. The minimum absolute atomic E-state index is 0.193. The molecule has 6 amide bonds. The number of hydrogen-bond acceptors (Lipinski definition) is 14. The second kappa shape index (κ2) is 34.3. The standard InChI is InChI=1S/C24H21BrClN5O2.C24H21Cl2N5O2S.C23H19BrClN5O2/c25-17-7-9-20(19(13-17)24(33)30-21-10-8-18(26)14-28-21)29-23(32)16-5-3-15(4-6-16)22(27)31-11-1-2-12-31;25-17-5-7-20(19(13-17)24(33)30-21-8-6-18(26)14-28-21)29-23(32)16-3-1-15(2-4-16)22(27)31-9-11-34-12-10-31;1-30-11-10-26-21(30)14-2-4-15(5-3-14)22(31)28-19-8-6-16(24)12-18(19)23(32)29-20-9-7-17(25)13-27-20/h3-10,13-14,27H,1-2,11-12H2,(H,29,32)(H,28,30,33);1-8,13-14,27H,9-12H2,(H,29,32)(H,28,30,33);2-9,12-13H,10-11H2,1H3,(H,28,31)(H,27,29,32). The Labute approximate surface area is 611 Å². The van der Waals surface area contributed by atoms with Crippen LogP contribution in [0.2, 0.25) is 20.1 Å². The predicted octanol–water partition coefficient (Wildman–Crippen LogP) is 15.4. The molecule has 0 saturated carbocycles. The number of nitrogens with zero attached hydrogens (tertiary/aromatic N) is 7. The maximum Gasteiger partial charge on any atom is 0.258 e. The van der Waals surface area contributed by atoms with E-state index in [9.17, 15) is 28.8 Å². The Kier molecular flexibility index (Phi) is 25.0. The van der Waals surface area contributed by atoms with E-state index in [2.05, 4.69) is 88.6 Å². The largest absolute Gasteiger partial charge is 0.358 e. The van der Waals surface area contributed by atoms with Gasteiger partial charge < -0.3 is 46.6 Å². The van der Waals surface area contributed by atoms with Crippen molar-refractivity contribution in [2.24, 2.45) is 4.99 Å². The average Bonchev–Trinajstić information content (AvgIpc) is 1.81. The summed E-state index contributed by atoms with van der Waals surface area (Å²) in [4.78, 5) is 100.0. The van der Waals surface area contributed by atoms with Crippen LogP contribution in [-0.2, 0) is 0 Å². The summed E-state index contributed by atoms with van der Waals surface area (Å²) in [5.41, 5.74) is 5.63. The van der Waals surface area contributed by atoms with Gasteiger partial charge in [0.2, 0.25) is 0 Å². The van der Waals surface area contributed by atoms with Crippen molar-refractivity contribution in [2.45, 2.75) is 12.8 Å². The van der Waals surface area contributed by atoms with E-state index in [-0.39, 0.29) is 28.8 Å². The highest BCUT2D eigenvalue weighted by Gasteiger charge is 2.23. The Morgan fingerprint density at radius 3 is 1.14 bits per heavy atom. The molecular weight excluding hydrogens is 1490 g/mol. The SMILES string of the molecule is CN1CCN=C1c1ccc(C(=O)Nc2ccc(Br)cc2C(=O)Nc2ccc(Cl)cn2)cc1.N=C(c1ccc(C(=O)Nc2ccc(Br)cc2C(=O)Nc2ccc(Cl)cn2)cc1)N1CCCC1.N=C(c1ccc(C(=O)Nc2ccc(Cl)cc2C(=O)Nc2ccc(Cl)cn2)cc1)N1CCSCC1. The number of aliphatic imine (C=N–C) groups is 1. The number of halogens is 6. The Balaban J connectivity index is 0.000000161. The van der Waals surface area contributed by atoms with Gasteiger partial charge >= 0.3 is 0 Å². The zero-order valence-corrected chi connectivity index (χ0v) is 59.7. The number of anilines is 6. The van der Waals surface area contributed by atoms with Crippen LogP contribution in [0, 0.1) is 10.8 Å². The van der Waals surface area contributed by atoms with Gasteiger partial charge in [0, 0.05) is 117 Å². The van der Waals surface area contributed by atoms with E-state index in [0.29, 0.717) is 97.5 Å². The van der Waals surface area contributed by atoms with Gasteiger partial charge in [0.15, 0.2) is 0 Å². The number of amidine groups is 3. The first-order chi connectivity index (χ1) is 47.7. The van der Waals surface area contributed by atoms with Crippen LogP contribution in [0.1, 0.15) is 91.7 Å². The molecule has 2 fully saturated rings. The number of carbonyl (C=O) groups excluding carboxylic acids is 6. The molecule has 504 valence electrons. The molecule has 0 aliphatic carbocycles. The quantitative estimate of drug-likeness (QED) is 0.0351. The van der Waals surface area contributed by atoms with Crippen LogP contribution >= 0.6 is 90.0 Å². The predicted molar refractivity (Wildman–Crippen MR) is 402 cm³/mol. The van der Waals surface area contributed by atoms with E-state index in [1.807, 2.05) is 40.7 Å². The number of rotatable bonds is 15. The Hall–Kier alpha value is -9.53. The van der Waals surface area contributed by atoms with E-state index in [1.165, 1.54) is 24.7 Å². The summed E-state index contributed by atoms with van der Waals surface area (Å²) in [6, 6.07) is 45.4. The van der Waals surface area contributed by atoms with Crippen LogP contribution in [0.4, 0.5) is 34.5 Å². The molecule has 0 unspecified atom stereocenters. The van der Waals surface area contributed by atoms with Gasteiger partial charge in [-0.3, -0.25) is 44.6 Å². The molecule has 8 N–H and O–H groups in total. The fourth-order valence-electron chi connectivity index (χ4n) is 10.2. The molecule has 12 rings (SSSR count). The third-order valence-corrected chi connectivity index (χ3v) is 18.2. The number of carbonyl (C=O) groups is 6. The molecule has 0 radical (unpaired) electrons. The Bertz CT molecular complexity index is 4510. The molecule has 0 bridgehead atoms. The maximum atomic E-state index is 12.9. The Morgan fingerprint density at radius 1 is 0.414 bits per heavy atom. The third-order valence-electron chi connectivity index (χ3n) is 15.4. The number of likely N-dealkylation sites (N-methyl/N-ethyl adjacent to an activating group) is 1. The van der Waals surface area contributed by atoms with Gasteiger partial charge in [-0.25, -0.2) is 15.0 Å². The topological polar surface area (TPSA) is 283 Å². The zero-order valence-electron chi connectivity index (χ0n) is 52.6. The van der Waals surface area contributed by atoms with E-state index in [0.717, 1.165) is 86.1 Å². The third kappa shape index (κ3) is 19.9. The summed E-state index contributed by atoms with van der Waals surface area (Å²) in [6.07, 6.45) is 6.50. The molecule has 9 aromatic rings. The molecule has 0 spiro atoms. The van der Waals surface area contributed by atoms with E-state index >= 15 is 0 Å². The summed E-state index contributed by atoms with van der Waals surface area (Å²) in [5.74, 6) is 2.52. The van der Waals surface area contributed by atoms with Crippen molar-refractivity contribution in [3.8, 4) is 0 Å². The van der Waals surface area contributed by atoms with Crippen molar-refractivity contribution in [2.75, 3.05) is 89.7 Å². The van der Waals surface area contributed by atoms with Gasteiger partial charge in [0.25, 0.3) is 35.4 Å². The number of nitrogens with one attached hydrogen (secondary N) is 8. The second-order valence-electron chi connectivity index (χ2n) is 22.2. The van der Waals surface area contributed by atoms with Crippen molar-refractivity contribution in [1.82, 2.24) is 29.7 Å². The molecule has 3 aliphatic rings. The van der Waals surface area contributed by atoms with E-state index in [4.69, 9.17) is 57.2 Å². The lowest BCUT2D eigenvalue weighted by Crippen LogP contribution is -2.37. The van der Waals surface area contributed by atoms with Gasteiger partial charge in [-0.15, -0.1) is 0 Å². The van der Waals surface area contributed by atoms with Crippen LogP contribution < -0.4 is 31.9 Å². The fraction of sp³-hybridized carbons (Fsp3) is 0.155. The monoisotopic (exact) mass is 1550 g/mol. The molecule has 28 heteroatoms. The minimum atomic E-state index is -0.476. The number of pyridine rings is 3. The van der Waals surface area contributed by atoms with Gasteiger partial charge in [-0.05, 0) is 140 Å². The highest BCUT2D eigenvalue weighted by molar-refractivity contribution is 9.10. The van der Waals surface area contributed by atoms with Crippen molar-refractivity contribution >= 4 is 177 Å². The number of amides is 6.